The number of rotatable bonds is 4. The quantitative estimate of drug-likeness (QED) is 0.877. The fourth-order valence-electron chi connectivity index (χ4n) is 3.27. The molecule has 2 heterocycles. The molecule has 7 heteroatoms. The SMILES string of the molecule is O=C(Nc1ccc2c(c1)OCCO2)c1cnc(NC2CCCCC2)nc1. The van der Waals surface area contributed by atoms with Crippen molar-refractivity contribution in [2.75, 3.05) is 23.8 Å². The second-order valence-electron chi connectivity index (χ2n) is 6.59. The molecule has 1 aromatic carbocycles. The van der Waals surface area contributed by atoms with Crippen molar-refractivity contribution < 1.29 is 14.3 Å². The molecule has 4 rings (SSSR count). The average molecular weight is 354 g/mol. The molecular weight excluding hydrogens is 332 g/mol. The molecule has 26 heavy (non-hydrogen) atoms. The molecule has 0 radical (unpaired) electrons. The van der Waals surface area contributed by atoms with Gasteiger partial charge < -0.3 is 20.1 Å². The van der Waals surface area contributed by atoms with E-state index in [1.54, 1.807) is 30.6 Å². The number of nitrogens with one attached hydrogen (secondary N) is 2. The van der Waals surface area contributed by atoms with Crippen LogP contribution in [0.5, 0.6) is 11.5 Å². The van der Waals surface area contributed by atoms with E-state index in [4.69, 9.17) is 9.47 Å². The lowest BCUT2D eigenvalue weighted by atomic mass is 9.96. The first-order chi connectivity index (χ1) is 12.8. The van der Waals surface area contributed by atoms with E-state index in [1.165, 1.54) is 19.3 Å². The zero-order chi connectivity index (χ0) is 17.8. The van der Waals surface area contributed by atoms with Gasteiger partial charge in [-0.25, -0.2) is 9.97 Å². The summed E-state index contributed by atoms with van der Waals surface area (Å²) in [4.78, 5) is 21.0. The van der Waals surface area contributed by atoms with E-state index in [0.29, 0.717) is 48.0 Å². The van der Waals surface area contributed by atoms with Gasteiger partial charge in [-0.1, -0.05) is 19.3 Å². The smallest absolute Gasteiger partial charge is 0.258 e. The standard InChI is InChI=1S/C19H22N4O3/c24-18(22-15-6-7-16-17(10-15)26-9-8-25-16)13-11-20-19(21-12-13)23-14-4-2-1-3-5-14/h6-7,10-12,14H,1-5,8-9H2,(H,22,24)(H,20,21,23). The van der Waals surface area contributed by atoms with Crippen molar-refractivity contribution in [3.05, 3.63) is 36.2 Å². The summed E-state index contributed by atoms with van der Waals surface area (Å²) in [5.41, 5.74) is 1.05. The number of amides is 1. The molecule has 1 saturated carbocycles. The normalized spacial score (nSPS) is 16.8. The molecule has 7 nitrogen and oxygen atoms in total. The van der Waals surface area contributed by atoms with Gasteiger partial charge in [0, 0.05) is 30.2 Å². The Bertz CT molecular complexity index is 773. The molecule has 1 amide bonds. The molecule has 2 aromatic rings. The fraction of sp³-hybridized carbons (Fsp3) is 0.421. The van der Waals surface area contributed by atoms with Gasteiger partial charge in [0.25, 0.3) is 5.91 Å². The van der Waals surface area contributed by atoms with E-state index in [2.05, 4.69) is 20.6 Å². The van der Waals surface area contributed by atoms with Crippen molar-refractivity contribution in [1.29, 1.82) is 0 Å². The van der Waals surface area contributed by atoms with Crippen molar-refractivity contribution in [2.45, 2.75) is 38.1 Å². The molecule has 136 valence electrons. The van der Waals surface area contributed by atoms with Crippen molar-refractivity contribution in [1.82, 2.24) is 9.97 Å². The van der Waals surface area contributed by atoms with Crippen LogP contribution in [-0.4, -0.2) is 35.1 Å². The molecular formula is C19H22N4O3. The monoisotopic (exact) mass is 354 g/mol. The Hall–Kier alpha value is -2.83. The predicted octanol–water partition coefficient (Wildman–Crippen LogP) is 3.24. The summed E-state index contributed by atoms with van der Waals surface area (Å²) < 4.78 is 11.0. The van der Waals surface area contributed by atoms with E-state index < -0.39 is 0 Å². The van der Waals surface area contributed by atoms with Crippen LogP contribution >= 0.6 is 0 Å². The highest BCUT2D eigenvalue weighted by Gasteiger charge is 2.16. The Morgan fingerprint density at radius 3 is 2.50 bits per heavy atom. The van der Waals surface area contributed by atoms with Gasteiger partial charge in [-0.3, -0.25) is 4.79 Å². The summed E-state index contributed by atoms with van der Waals surface area (Å²) in [6, 6.07) is 5.76. The molecule has 1 aliphatic heterocycles. The third-order valence-electron chi connectivity index (χ3n) is 4.65. The van der Waals surface area contributed by atoms with Crippen LogP contribution in [0.1, 0.15) is 42.5 Å². The van der Waals surface area contributed by atoms with Crippen LogP contribution in [0.2, 0.25) is 0 Å². The number of hydrogen-bond donors (Lipinski definition) is 2. The summed E-state index contributed by atoms with van der Waals surface area (Å²) in [6.07, 6.45) is 9.18. The second kappa shape index (κ2) is 7.59. The van der Waals surface area contributed by atoms with Gasteiger partial charge in [0.05, 0.1) is 5.56 Å². The zero-order valence-electron chi connectivity index (χ0n) is 14.5. The largest absolute Gasteiger partial charge is 0.486 e. The molecule has 1 aromatic heterocycles. The van der Waals surface area contributed by atoms with Gasteiger partial charge in [-0.15, -0.1) is 0 Å². The van der Waals surface area contributed by atoms with Gasteiger partial charge in [0.2, 0.25) is 5.95 Å². The molecule has 1 fully saturated rings. The Morgan fingerprint density at radius 1 is 1.00 bits per heavy atom. The molecule has 2 N–H and O–H groups in total. The fourth-order valence-corrected chi connectivity index (χ4v) is 3.27. The van der Waals surface area contributed by atoms with Gasteiger partial charge in [0.15, 0.2) is 11.5 Å². The summed E-state index contributed by atoms with van der Waals surface area (Å²) in [5, 5.41) is 6.18. The number of hydrogen-bond acceptors (Lipinski definition) is 6. The van der Waals surface area contributed by atoms with E-state index in [-0.39, 0.29) is 5.91 Å². The maximum atomic E-state index is 12.4. The van der Waals surface area contributed by atoms with E-state index in [1.807, 2.05) is 0 Å². The number of fused-ring (bicyclic) bond motifs is 1. The summed E-state index contributed by atoms with van der Waals surface area (Å²) in [5.74, 6) is 1.65. The zero-order valence-corrected chi connectivity index (χ0v) is 14.5. The summed E-state index contributed by atoms with van der Waals surface area (Å²) in [7, 11) is 0. The Labute approximate surface area is 152 Å². The number of aromatic nitrogens is 2. The van der Waals surface area contributed by atoms with Gasteiger partial charge in [0.1, 0.15) is 13.2 Å². The van der Waals surface area contributed by atoms with Crippen LogP contribution in [-0.2, 0) is 0 Å². The van der Waals surface area contributed by atoms with Crippen LogP contribution in [0.15, 0.2) is 30.6 Å². The van der Waals surface area contributed by atoms with Gasteiger partial charge in [-0.2, -0.15) is 0 Å². The highest BCUT2D eigenvalue weighted by Crippen LogP contribution is 2.32. The van der Waals surface area contributed by atoms with Gasteiger partial charge >= 0.3 is 0 Å². The maximum Gasteiger partial charge on any atom is 0.258 e. The Morgan fingerprint density at radius 2 is 1.73 bits per heavy atom. The molecule has 0 atom stereocenters. The first kappa shape index (κ1) is 16.6. The molecule has 2 aliphatic rings. The number of anilines is 2. The van der Waals surface area contributed by atoms with Crippen LogP contribution in [0.3, 0.4) is 0 Å². The Balaban J connectivity index is 1.38. The third kappa shape index (κ3) is 3.87. The van der Waals surface area contributed by atoms with Crippen LogP contribution in [0, 0.1) is 0 Å². The van der Waals surface area contributed by atoms with Crippen LogP contribution < -0.4 is 20.1 Å². The highest BCUT2D eigenvalue weighted by atomic mass is 16.6. The maximum absolute atomic E-state index is 12.4. The minimum absolute atomic E-state index is 0.258. The minimum Gasteiger partial charge on any atom is -0.486 e. The van der Waals surface area contributed by atoms with E-state index in [9.17, 15) is 4.79 Å². The number of carbonyl (C=O) groups excluding carboxylic acids is 1. The molecule has 0 spiro atoms. The minimum atomic E-state index is -0.258. The Kier molecular flexibility index (Phi) is 4.86. The summed E-state index contributed by atoms with van der Waals surface area (Å²) in [6.45, 7) is 1.05. The lowest BCUT2D eigenvalue weighted by Gasteiger charge is -2.22. The number of benzene rings is 1. The predicted molar refractivity (Wildman–Crippen MR) is 97.9 cm³/mol. The number of nitrogens with zero attached hydrogens (tertiary/aromatic N) is 2. The molecule has 0 saturated heterocycles. The molecule has 0 bridgehead atoms. The van der Waals surface area contributed by atoms with Gasteiger partial charge in [-0.05, 0) is 25.0 Å². The highest BCUT2D eigenvalue weighted by molar-refractivity contribution is 6.04. The topological polar surface area (TPSA) is 85.4 Å². The van der Waals surface area contributed by atoms with Crippen LogP contribution in [0.4, 0.5) is 11.6 Å². The lowest BCUT2D eigenvalue weighted by Crippen LogP contribution is -2.23. The van der Waals surface area contributed by atoms with Crippen molar-refractivity contribution in [2.24, 2.45) is 0 Å². The molecule has 0 unspecified atom stereocenters. The van der Waals surface area contributed by atoms with Crippen molar-refractivity contribution in [3.63, 3.8) is 0 Å². The average Bonchev–Trinajstić information content (AvgIpc) is 2.69. The number of carbonyl (C=O) groups is 1. The summed E-state index contributed by atoms with van der Waals surface area (Å²) >= 11 is 0. The first-order valence-corrected chi connectivity index (χ1v) is 9.07. The lowest BCUT2D eigenvalue weighted by molar-refractivity contribution is 0.102. The molecule has 1 aliphatic carbocycles. The second-order valence-corrected chi connectivity index (χ2v) is 6.59. The van der Waals surface area contributed by atoms with Crippen molar-refractivity contribution >= 4 is 17.5 Å². The first-order valence-electron chi connectivity index (χ1n) is 9.07. The number of ether oxygens (including phenoxy) is 2. The van der Waals surface area contributed by atoms with Crippen molar-refractivity contribution in [3.8, 4) is 11.5 Å². The van der Waals surface area contributed by atoms with E-state index in [0.717, 1.165) is 12.8 Å². The van der Waals surface area contributed by atoms with E-state index >= 15 is 0 Å². The third-order valence-corrected chi connectivity index (χ3v) is 4.65. The van der Waals surface area contributed by atoms with Crippen LogP contribution in [0.25, 0.3) is 0 Å².